The number of ketones is 1. The van der Waals surface area contributed by atoms with Gasteiger partial charge in [-0.1, -0.05) is 20.8 Å². The molecule has 4 N–H and O–H groups in total. The van der Waals surface area contributed by atoms with Crippen LogP contribution in [0.4, 0.5) is 22.4 Å². The van der Waals surface area contributed by atoms with E-state index in [0.717, 1.165) is 11.9 Å². The molecule has 2 rings (SSSR count). The first kappa shape index (κ1) is 30.3. The monoisotopic (exact) mass is 538 g/mol. The maximum absolute atomic E-state index is 14.6. The van der Waals surface area contributed by atoms with E-state index in [1.165, 1.54) is 0 Å². The van der Waals surface area contributed by atoms with Gasteiger partial charge in [0.25, 0.3) is 11.8 Å². The summed E-state index contributed by atoms with van der Waals surface area (Å²) in [4.78, 5) is 63.5. The molecule has 2 unspecified atom stereocenters. The molecule has 0 spiro atoms. The summed E-state index contributed by atoms with van der Waals surface area (Å²) in [7, 11) is 1.14. The highest BCUT2D eigenvalue weighted by atomic mass is 19.3. The molecule has 210 valence electrons. The molecule has 2 aliphatic rings. The molecular formula is C23H34F4N4O6. The smallest absolute Gasteiger partial charge is 0.405 e. The molecule has 1 heterocycles. The Bertz CT molecular complexity index is 933. The molecule has 1 saturated carbocycles. The van der Waals surface area contributed by atoms with E-state index in [1.807, 2.05) is 0 Å². The van der Waals surface area contributed by atoms with E-state index < -0.39 is 103 Å². The highest BCUT2D eigenvalue weighted by Gasteiger charge is 2.61. The van der Waals surface area contributed by atoms with Crippen molar-refractivity contribution in [2.24, 2.45) is 17.3 Å². The van der Waals surface area contributed by atoms with Crippen LogP contribution < -0.4 is 16.0 Å². The van der Waals surface area contributed by atoms with Gasteiger partial charge in [0, 0.05) is 32.4 Å². The lowest BCUT2D eigenvalue weighted by molar-refractivity contribution is -0.145. The summed E-state index contributed by atoms with van der Waals surface area (Å²) in [6.45, 7) is 4.71. The molecule has 1 saturated heterocycles. The van der Waals surface area contributed by atoms with Gasteiger partial charge in [0.15, 0.2) is 0 Å². The van der Waals surface area contributed by atoms with Crippen LogP contribution in [-0.2, 0) is 19.2 Å². The maximum atomic E-state index is 14.6. The number of carbonyl (C=O) groups excluding carboxylic acids is 4. The van der Waals surface area contributed by atoms with Crippen LogP contribution in [0, 0.1) is 17.3 Å². The Morgan fingerprint density at radius 2 is 1.68 bits per heavy atom. The Balaban J connectivity index is 2.42. The zero-order valence-corrected chi connectivity index (χ0v) is 21.4. The number of fused-ring (bicyclic) bond motifs is 1. The van der Waals surface area contributed by atoms with E-state index in [-0.39, 0.29) is 6.42 Å². The minimum atomic E-state index is -3.22. The van der Waals surface area contributed by atoms with Crippen molar-refractivity contribution < 1.29 is 46.6 Å². The molecule has 10 nitrogen and oxygen atoms in total. The van der Waals surface area contributed by atoms with Crippen LogP contribution in [-0.4, -0.2) is 83.2 Å². The van der Waals surface area contributed by atoms with Crippen LogP contribution in [0.25, 0.3) is 0 Å². The molecule has 0 bridgehead atoms. The number of rotatable bonds is 9. The molecule has 1 aliphatic heterocycles. The Kier molecular flexibility index (Phi) is 8.86. The fourth-order valence-electron chi connectivity index (χ4n) is 4.97. The van der Waals surface area contributed by atoms with Gasteiger partial charge < -0.3 is 26.0 Å². The minimum Gasteiger partial charge on any atom is -0.465 e. The average molecular weight is 539 g/mol. The largest absolute Gasteiger partial charge is 0.465 e. The van der Waals surface area contributed by atoms with Gasteiger partial charge in [-0.2, -0.15) is 0 Å². The number of amides is 4. The first-order valence-corrected chi connectivity index (χ1v) is 11.9. The lowest BCUT2D eigenvalue weighted by atomic mass is 9.85. The van der Waals surface area contributed by atoms with Gasteiger partial charge in [0.1, 0.15) is 12.1 Å². The molecule has 2 fully saturated rings. The van der Waals surface area contributed by atoms with Crippen molar-refractivity contribution >= 4 is 29.6 Å². The summed E-state index contributed by atoms with van der Waals surface area (Å²) in [6.07, 6.45) is -3.67. The number of likely N-dealkylation sites (tertiary alicyclic amines) is 1. The van der Waals surface area contributed by atoms with Gasteiger partial charge in [0.05, 0.1) is 6.04 Å². The van der Waals surface area contributed by atoms with E-state index in [4.69, 9.17) is 0 Å². The number of likely N-dealkylation sites (N-methyl/N-ethyl adjacent to an activating group) is 1. The summed E-state index contributed by atoms with van der Waals surface area (Å²) in [5.41, 5.74) is -0.999. The van der Waals surface area contributed by atoms with E-state index in [1.54, 1.807) is 20.8 Å². The molecule has 0 aromatic heterocycles. The number of nitrogens with zero attached hydrogens (tertiary/aromatic N) is 1. The summed E-state index contributed by atoms with van der Waals surface area (Å²) in [5.74, 6) is -13.1. The molecule has 0 radical (unpaired) electrons. The van der Waals surface area contributed by atoms with Gasteiger partial charge in [-0.25, -0.2) is 22.4 Å². The molecule has 0 aromatic carbocycles. The lowest BCUT2D eigenvalue weighted by Crippen LogP contribution is -2.59. The van der Waals surface area contributed by atoms with Gasteiger partial charge in [-0.3, -0.25) is 19.2 Å². The number of Topliss-reactive ketones (excluding diaryl/α,β-unsaturated/α-hetero) is 1. The van der Waals surface area contributed by atoms with E-state index in [9.17, 15) is 46.6 Å². The predicted octanol–water partition coefficient (Wildman–Crippen LogP) is 1.78. The van der Waals surface area contributed by atoms with Crippen LogP contribution >= 0.6 is 0 Å². The van der Waals surface area contributed by atoms with Crippen molar-refractivity contribution in [3.8, 4) is 0 Å². The van der Waals surface area contributed by atoms with Crippen LogP contribution in [0.3, 0.4) is 0 Å². The van der Waals surface area contributed by atoms with Crippen LogP contribution in [0.1, 0.15) is 53.4 Å². The number of carboxylic acid groups (broad SMARTS) is 1. The van der Waals surface area contributed by atoms with E-state index in [2.05, 4.69) is 16.0 Å². The summed E-state index contributed by atoms with van der Waals surface area (Å²) in [5, 5.41) is 15.6. The molecule has 1 aliphatic carbocycles. The van der Waals surface area contributed by atoms with Crippen molar-refractivity contribution in [2.75, 3.05) is 13.6 Å². The van der Waals surface area contributed by atoms with Gasteiger partial charge in [-0.15, -0.1) is 0 Å². The Hall–Kier alpha value is -2.93. The topological polar surface area (TPSA) is 145 Å². The van der Waals surface area contributed by atoms with Crippen molar-refractivity contribution in [2.45, 2.75) is 83.3 Å². The average Bonchev–Trinajstić information content (AvgIpc) is 3.29. The SMILES string of the molecule is CNC(=O)C(=O)C(CCC(C)(F)F)NC(=O)[C@@H]1[C@H]2CCC(F)(F)[C@H]2CN1C(=O)C(NC(=O)O)C(C)(C)C. The van der Waals surface area contributed by atoms with Gasteiger partial charge in [-0.05, 0) is 31.1 Å². The van der Waals surface area contributed by atoms with Crippen molar-refractivity contribution in [1.82, 2.24) is 20.9 Å². The van der Waals surface area contributed by atoms with Gasteiger partial charge >= 0.3 is 6.09 Å². The summed E-state index contributed by atoms with van der Waals surface area (Å²) in [6, 6.07) is -4.60. The standard InChI is InChI=1S/C23H34F4N4O6/c1-21(2,3)16(30-20(36)37)19(35)31-10-12-11(6-9-23(12,26)27)14(31)17(33)29-13(7-8-22(4,24)25)15(32)18(34)28-5/h11-14,16,30H,6-10H2,1-5H3,(H,28,34)(H,29,33)(H,36,37)/t11-,12-,13?,14-,16?/m0/s1. The third-order valence-electron chi connectivity index (χ3n) is 6.89. The quantitative estimate of drug-likeness (QED) is 0.260. The predicted molar refractivity (Wildman–Crippen MR) is 122 cm³/mol. The van der Waals surface area contributed by atoms with E-state index >= 15 is 0 Å². The second-order valence-electron chi connectivity index (χ2n) is 10.9. The normalized spacial score (nSPS) is 24.6. The van der Waals surface area contributed by atoms with Crippen molar-refractivity contribution in [3.05, 3.63) is 0 Å². The molecule has 0 aromatic rings. The zero-order valence-electron chi connectivity index (χ0n) is 21.4. The second-order valence-corrected chi connectivity index (χ2v) is 10.9. The molecular weight excluding hydrogens is 504 g/mol. The van der Waals surface area contributed by atoms with Gasteiger partial charge in [0.2, 0.25) is 23.5 Å². The summed E-state index contributed by atoms with van der Waals surface area (Å²) < 4.78 is 56.3. The number of halogens is 4. The van der Waals surface area contributed by atoms with Crippen molar-refractivity contribution in [1.29, 1.82) is 0 Å². The lowest BCUT2D eigenvalue weighted by Gasteiger charge is -2.36. The molecule has 37 heavy (non-hydrogen) atoms. The first-order valence-electron chi connectivity index (χ1n) is 11.9. The molecule has 14 heteroatoms. The molecule has 4 amide bonds. The Morgan fingerprint density at radius 3 is 2.16 bits per heavy atom. The third-order valence-corrected chi connectivity index (χ3v) is 6.89. The van der Waals surface area contributed by atoms with Crippen molar-refractivity contribution in [3.63, 3.8) is 0 Å². The second kappa shape index (κ2) is 10.8. The number of nitrogens with one attached hydrogen (secondary N) is 3. The fourth-order valence-corrected chi connectivity index (χ4v) is 4.97. The fraction of sp³-hybridized carbons (Fsp3) is 0.783. The van der Waals surface area contributed by atoms with E-state index in [0.29, 0.717) is 6.92 Å². The minimum absolute atomic E-state index is 0.132. The van der Waals surface area contributed by atoms with Crippen LogP contribution in [0.15, 0.2) is 0 Å². The van der Waals surface area contributed by atoms with Crippen LogP contribution in [0.2, 0.25) is 0 Å². The zero-order chi connectivity index (χ0) is 28.5. The number of hydrogen-bond acceptors (Lipinski definition) is 5. The number of alkyl halides is 4. The first-order chi connectivity index (χ1) is 16.8. The maximum Gasteiger partial charge on any atom is 0.405 e. The number of hydrogen-bond donors (Lipinski definition) is 4. The Morgan fingerprint density at radius 1 is 1.08 bits per heavy atom. The van der Waals surface area contributed by atoms with Crippen LogP contribution in [0.5, 0.6) is 0 Å². The molecule has 5 atom stereocenters. The number of carbonyl (C=O) groups is 5. The summed E-state index contributed by atoms with van der Waals surface area (Å²) >= 11 is 0. The Labute approximate surface area is 211 Å². The highest BCUT2D eigenvalue weighted by Crippen LogP contribution is 2.51. The highest BCUT2D eigenvalue weighted by molar-refractivity contribution is 6.38. The third kappa shape index (κ3) is 7.10.